The van der Waals surface area contributed by atoms with Crippen LogP contribution in [0, 0.1) is 6.92 Å². The van der Waals surface area contributed by atoms with E-state index in [1.807, 2.05) is 11.9 Å². The quantitative estimate of drug-likeness (QED) is 0.389. The van der Waals surface area contributed by atoms with Crippen LogP contribution in [0.25, 0.3) is 0 Å². The van der Waals surface area contributed by atoms with Gasteiger partial charge in [-0.2, -0.15) is 0 Å². The van der Waals surface area contributed by atoms with E-state index >= 15 is 0 Å². The molecule has 3 rings (SSSR count). The highest BCUT2D eigenvalue weighted by Crippen LogP contribution is 2.25. The number of rotatable bonds is 4. The standard InChI is InChI=1S/C22H30N4O2.HI/c1-17-8-5-6-9-18(17)22(2,3)16-24-21(23-4)26-13-11-25(12-14-26)20(27)19-10-7-15-28-19;/h5-10,15H,11-14,16H2,1-4H3,(H,23,24);1H. The Morgan fingerprint density at radius 1 is 1.10 bits per heavy atom. The number of benzene rings is 1. The van der Waals surface area contributed by atoms with Crippen LogP contribution in [0.4, 0.5) is 0 Å². The third kappa shape index (κ3) is 5.52. The smallest absolute Gasteiger partial charge is 0.289 e. The van der Waals surface area contributed by atoms with E-state index in [-0.39, 0.29) is 35.3 Å². The number of piperazine rings is 1. The molecule has 1 aliphatic heterocycles. The number of hydrogen-bond acceptors (Lipinski definition) is 3. The van der Waals surface area contributed by atoms with Gasteiger partial charge in [-0.15, -0.1) is 24.0 Å². The highest BCUT2D eigenvalue weighted by Gasteiger charge is 2.27. The van der Waals surface area contributed by atoms with Gasteiger partial charge in [0.05, 0.1) is 6.26 Å². The van der Waals surface area contributed by atoms with Crippen molar-refractivity contribution in [2.45, 2.75) is 26.2 Å². The Labute approximate surface area is 190 Å². The van der Waals surface area contributed by atoms with E-state index in [9.17, 15) is 4.79 Å². The highest BCUT2D eigenvalue weighted by molar-refractivity contribution is 14.0. The average molecular weight is 510 g/mol. The second-order valence-corrected chi connectivity index (χ2v) is 7.86. The van der Waals surface area contributed by atoms with Crippen molar-refractivity contribution in [2.75, 3.05) is 39.8 Å². The molecule has 0 saturated carbocycles. The highest BCUT2D eigenvalue weighted by atomic mass is 127. The van der Waals surface area contributed by atoms with Crippen LogP contribution in [0.15, 0.2) is 52.1 Å². The lowest BCUT2D eigenvalue weighted by Crippen LogP contribution is -2.54. The molecule has 6 nitrogen and oxygen atoms in total. The summed E-state index contributed by atoms with van der Waals surface area (Å²) in [6, 6.07) is 12.0. The van der Waals surface area contributed by atoms with E-state index in [4.69, 9.17) is 4.42 Å². The lowest BCUT2D eigenvalue weighted by molar-refractivity contribution is 0.0657. The van der Waals surface area contributed by atoms with E-state index in [2.05, 4.69) is 60.2 Å². The summed E-state index contributed by atoms with van der Waals surface area (Å²) in [4.78, 5) is 20.9. The third-order valence-corrected chi connectivity index (χ3v) is 5.37. The molecule has 0 radical (unpaired) electrons. The molecule has 2 aromatic rings. The van der Waals surface area contributed by atoms with Gasteiger partial charge in [0.25, 0.3) is 5.91 Å². The maximum Gasteiger partial charge on any atom is 0.289 e. The Morgan fingerprint density at radius 2 is 1.76 bits per heavy atom. The first-order valence-corrected chi connectivity index (χ1v) is 9.77. The Bertz CT molecular complexity index is 825. The summed E-state index contributed by atoms with van der Waals surface area (Å²) in [5.74, 6) is 1.23. The van der Waals surface area contributed by atoms with Crippen molar-refractivity contribution in [1.29, 1.82) is 0 Å². The number of aliphatic imine (C=N–C) groups is 1. The molecule has 158 valence electrons. The second kappa shape index (κ2) is 10.1. The topological polar surface area (TPSA) is 61.1 Å². The van der Waals surface area contributed by atoms with Crippen LogP contribution < -0.4 is 5.32 Å². The second-order valence-electron chi connectivity index (χ2n) is 7.86. The van der Waals surface area contributed by atoms with Crippen molar-refractivity contribution < 1.29 is 9.21 Å². The summed E-state index contributed by atoms with van der Waals surface area (Å²) in [5, 5.41) is 3.53. The molecule has 1 saturated heterocycles. The maximum absolute atomic E-state index is 12.4. The van der Waals surface area contributed by atoms with Gasteiger partial charge < -0.3 is 19.5 Å². The zero-order valence-corrected chi connectivity index (χ0v) is 20.0. The van der Waals surface area contributed by atoms with E-state index in [1.54, 1.807) is 12.1 Å². The van der Waals surface area contributed by atoms with Crippen LogP contribution in [0.1, 0.15) is 35.5 Å². The molecule has 0 bridgehead atoms. The summed E-state index contributed by atoms with van der Waals surface area (Å²) in [6.45, 7) is 10.2. The molecule has 1 N–H and O–H groups in total. The molecule has 7 heteroatoms. The van der Waals surface area contributed by atoms with Crippen molar-refractivity contribution in [3.05, 3.63) is 59.5 Å². The molecular formula is C22H31IN4O2. The van der Waals surface area contributed by atoms with Crippen molar-refractivity contribution >= 4 is 35.8 Å². The summed E-state index contributed by atoms with van der Waals surface area (Å²) in [5.41, 5.74) is 2.62. The molecule has 1 aliphatic rings. The number of amides is 1. The molecule has 1 aromatic carbocycles. The van der Waals surface area contributed by atoms with Gasteiger partial charge in [0.2, 0.25) is 0 Å². The fourth-order valence-electron chi connectivity index (χ4n) is 3.74. The van der Waals surface area contributed by atoms with Crippen molar-refractivity contribution in [3.63, 3.8) is 0 Å². The summed E-state index contributed by atoms with van der Waals surface area (Å²) >= 11 is 0. The van der Waals surface area contributed by atoms with Gasteiger partial charge >= 0.3 is 0 Å². The van der Waals surface area contributed by atoms with Gasteiger partial charge in [-0.05, 0) is 30.2 Å². The molecule has 0 spiro atoms. The Morgan fingerprint density at radius 3 is 2.34 bits per heavy atom. The van der Waals surface area contributed by atoms with Crippen LogP contribution >= 0.6 is 24.0 Å². The predicted octanol–water partition coefficient (Wildman–Crippen LogP) is 3.52. The van der Waals surface area contributed by atoms with Gasteiger partial charge in [-0.1, -0.05) is 38.1 Å². The molecule has 29 heavy (non-hydrogen) atoms. The molecule has 1 fully saturated rings. The molecule has 0 atom stereocenters. The third-order valence-electron chi connectivity index (χ3n) is 5.37. The van der Waals surface area contributed by atoms with E-state index in [1.165, 1.54) is 17.4 Å². The Hall–Kier alpha value is -2.03. The number of carbonyl (C=O) groups is 1. The largest absolute Gasteiger partial charge is 0.459 e. The molecule has 1 aromatic heterocycles. The molecule has 0 aliphatic carbocycles. The number of hydrogen-bond donors (Lipinski definition) is 1. The van der Waals surface area contributed by atoms with Gasteiger partial charge in [-0.3, -0.25) is 9.79 Å². The normalized spacial score (nSPS) is 15.1. The molecule has 0 unspecified atom stereocenters. The van der Waals surface area contributed by atoms with E-state index < -0.39 is 0 Å². The molecule has 2 heterocycles. The maximum atomic E-state index is 12.4. The van der Waals surface area contributed by atoms with Crippen molar-refractivity contribution in [2.24, 2.45) is 4.99 Å². The fourth-order valence-corrected chi connectivity index (χ4v) is 3.74. The number of halogens is 1. The summed E-state index contributed by atoms with van der Waals surface area (Å²) in [6.07, 6.45) is 1.53. The Kier molecular flexibility index (Phi) is 8.13. The first kappa shape index (κ1) is 23.3. The number of aryl methyl sites for hydroxylation is 1. The van der Waals surface area contributed by atoms with Gasteiger partial charge in [-0.25, -0.2) is 0 Å². The average Bonchev–Trinajstić information content (AvgIpc) is 3.23. The van der Waals surface area contributed by atoms with E-state index in [0.717, 1.165) is 25.6 Å². The minimum Gasteiger partial charge on any atom is -0.459 e. The van der Waals surface area contributed by atoms with Crippen LogP contribution in [0.3, 0.4) is 0 Å². The fraction of sp³-hybridized carbons (Fsp3) is 0.455. The van der Waals surface area contributed by atoms with Crippen LogP contribution in [0.2, 0.25) is 0 Å². The summed E-state index contributed by atoms with van der Waals surface area (Å²) in [7, 11) is 1.81. The SMILES string of the molecule is CN=C(NCC(C)(C)c1ccccc1C)N1CCN(C(=O)c2ccco2)CC1.I. The first-order chi connectivity index (χ1) is 13.4. The lowest BCUT2D eigenvalue weighted by Gasteiger charge is -2.37. The predicted molar refractivity (Wildman–Crippen MR) is 127 cm³/mol. The number of nitrogens with one attached hydrogen (secondary N) is 1. The zero-order chi connectivity index (χ0) is 20.1. The minimum atomic E-state index is -0.0479. The first-order valence-electron chi connectivity index (χ1n) is 9.77. The lowest BCUT2D eigenvalue weighted by atomic mass is 9.82. The zero-order valence-electron chi connectivity index (χ0n) is 17.6. The molecule has 1 amide bonds. The van der Waals surface area contributed by atoms with Gasteiger partial charge in [0.1, 0.15) is 0 Å². The van der Waals surface area contributed by atoms with E-state index in [0.29, 0.717) is 18.8 Å². The van der Waals surface area contributed by atoms with Crippen LogP contribution in [-0.2, 0) is 5.41 Å². The monoisotopic (exact) mass is 510 g/mol. The number of carbonyl (C=O) groups excluding carboxylic acids is 1. The number of guanidine groups is 1. The minimum absolute atomic E-state index is 0. The number of furan rings is 1. The Balaban J connectivity index is 0.00000300. The summed E-state index contributed by atoms with van der Waals surface area (Å²) < 4.78 is 5.23. The van der Waals surface area contributed by atoms with Gasteiger partial charge in [0.15, 0.2) is 11.7 Å². The number of nitrogens with zero attached hydrogens (tertiary/aromatic N) is 3. The molecular weight excluding hydrogens is 479 g/mol. The van der Waals surface area contributed by atoms with Crippen molar-refractivity contribution in [3.8, 4) is 0 Å². The van der Waals surface area contributed by atoms with Crippen molar-refractivity contribution in [1.82, 2.24) is 15.1 Å². The van der Waals surface area contributed by atoms with Gasteiger partial charge in [0, 0.05) is 45.2 Å². The van der Waals surface area contributed by atoms with Crippen LogP contribution in [-0.4, -0.2) is 61.4 Å². The van der Waals surface area contributed by atoms with Crippen LogP contribution in [0.5, 0.6) is 0 Å².